The van der Waals surface area contributed by atoms with Crippen molar-refractivity contribution in [3.05, 3.63) is 0 Å². The van der Waals surface area contributed by atoms with E-state index in [9.17, 15) is 4.79 Å². The Labute approximate surface area is 95.2 Å². The molecule has 1 N–H and O–H groups in total. The van der Waals surface area contributed by atoms with Crippen LogP contribution in [0.2, 0.25) is 0 Å². The van der Waals surface area contributed by atoms with Crippen molar-refractivity contribution in [1.82, 2.24) is 5.32 Å². The summed E-state index contributed by atoms with van der Waals surface area (Å²) in [6.45, 7) is 3.09. The minimum atomic E-state index is -0.537. The molecule has 0 bridgehead atoms. The van der Waals surface area contributed by atoms with Crippen LogP contribution in [0, 0.1) is 0 Å². The summed E-state index contributed by atoms with van der Waals surface area (Å²) in [4.78, 5) is 11.7. The van der Waals surface area contributed by atoms with Gasteiger partial charge >= 0.3 is 0 Å². The maximum absolute atomic E-state index is 11.7. The molecule has 1 saturated heterocycles. The van der Waals surface area contributed by atoms with E-state index in [2.05, 4.69) is 5.32 Å². The van der Waals surface area contributed by atoms with Gasteiger partial charge in [-0.15, -0.1) is 0 Å². The molecule has 1 rings (SSSR count). The molecule has 0 spiro atoms. The lowest BCUT2D eigenvalue weighted by atomic mass is 10.2. The van der Waals surface area contributed by atoms with Crippen LogP contribution < -0.4 is 5.32 Å². The molecule has 1 aliphatic heterocycles. The molecular weight excluding hydrogens is 214 g/mol. The van der Waals surface area contributed by atoms with E-state index in [1.54, 1.807) is 6.92 Å². The Morgan fingerprint density at radius 2 is 2.06 bits per heavy atom. The zero-order valence-electron chi connectivity index (χ0n) is 9.89. The predicted molar refractivity (Wildman–Crippen MR) is 56.0 cm³/mol. The molecule has 2 unspecified atom stereocenters. The molecule has 0 radical (unpaired) electrons. The van der Waals surface area contributed by atoms with Gasteiger partial charge in [0.1, 0.15) is 0 Å². The summed E-state index contributed by atoms with van der Waals surface area (Å²) < 4.78 is 20.5. The Bertz CT molecular complexity index is 213. The molecule has 1 heterocycles. The van der Waals surface area contributed by atoms with Gasteiger partial charge in [0, 0.05) is 14.2 Å². The van der Waals surface area contributed by atoms with Gasteiger partial charge in [0.15, 0.2) is 12.4 Å². The van der Waals surface area contributed by atoms with Crippen molar-refractivity contribution < 1.29 is 23.7 Å². The van der Waals surface area contributed by atoms with Crippen LogP contribution in [-0.4, -0.2) is 58.4 Å². The average molecular weight is 233 g/mol. The molecule has 6 heteroatoms. The van der Waals surface area contributed by atoms with Crippen LogP contribution in [0.3, 0.4) is 0 Å². The van der Waals surface area contributed by atoms with Gasteiger partial charge in [-0.1, -0.05) is 0 Å². The molecule has 1 amide bonds. The molecule has 2 atom stereocenters. The van der Waals surface area contributed by atoms with Crippen LogP contribution in [0.5, 0.6) is 0 Å². The van der Waals surface area contributed by atoms with E-state index in [0.717, 1.165) is 0 Å². The predicted octanol–water partition coefficient (Wildman–Crippen LogP) is -0.475. The number of carbonyl (C=O) groups excluding carboxylic acids is 1. The number of carbonyl (C=O) groups is 1. The van der Waals surface area contributed by atoms with E-state index in [1.165, 1.54) is 14.2 Å². The summed E-state index contributed by atoms with van der Waals surface area (Å²) in [6, 6.07) is -0.243. The summed E-state index contributed by atoms with van der Waals surface area (Å²) in [5.74, 6) is -0.202. The fourth-order valence-corrected chi connectivity index (χ4v) is 1.53. The fourth-order valence-electron chi connectivity index (χ4n) is 1.53. The second kappa shape index (κ2) is 6.80. The number of amides is 1. The molecule has 0 aromatic carbocycles. The van der Waals surface area contributed by atoms with E-state index < -0.39 is 12.4 Å². The molecular formula is C10H19NO5. The highest BCUT2D eigenvalue weighted by atomic mass is 16.7. The Hall–Kier alpha value is -0.690. The summed E-state index contributed by atoms with van der Waals surface area (Å²) in [5, 5.41) is 2.76. The quantitative estimate of drug-likeness (QED) is 0.650. The lowest BCUT2D eigenvalue weighted by Gasteiger charge is -2.26. The smallest absolute Gasteiger partial charge is 0.251 e. The minimum absolute atomic E-state index is 0.202. The third kappa shape index (κ3) is 3.71. The lowest BCUT2D eigenvalue weighted by molar-refractivity contribution is -0.155. The zero-order chi connectivity index (χ0) is 12.0. The molecule has 16 heavy (non-hydrogen) atoms. The summed E-state index contributed by atoms with van der Waals surface area (Å²) >= 11 is 0. The maximum atomic E-state index is 11.7. The first-order valence-corrected chi connectivity index (χ1v) is 5.24. The molecule has 1 aliphatic rings. The largest absolute Gasteiger partial charge is 0.376 e. The minimum Gasteiger partial charge on any atom is -0.376 e. The first-order valence-electron chi connectivity index (χ1n) is 5.24. The monoisotopic (exact) mass is 233 g/mol. The summed E-state index contributed by atoms with van der Waals surface area (Å²) in [6.07, 6.45) is -1.00. The highest BCUT2D eigenvalue weighted by Crippen LogP contribution is 2.03. The molecule has 94 valence electrons. The van der Waals surface area contributed by atoms with Gasteiger partial charge in [-0.05, 0) is 6.92 Å². The van der Waals surface area contributed by atoms with E-state index >= 15 is 0 Å². The van der Waals surface area contributed by atoms with Crippen molar-refractivity contribution in [2.24, 2.45) is 0 Å². The second-order valence-corrected chi connectivity index (χ2v) is 3.57. The Morgan fingerprint density at radius 3 is 2.56 bits per heavy atom. The van der Waals surface area contributed by atoms with Gasteiger partial charge in [0.2, 0.25) is 0 Å². The van der Waals surface area contributed by atoms with Gasteiger partial charge < -0.3 is 24.3 Å². The molecule has 0 aliphatic carbocycles. The van der Waals surface area contributed by atoms with Gasteiger partial charge in [-0.2, -0.15) is 0 Å². The van der Waals surface area contributed by atoms with Gasteiger partial charge in [-0.25, -0.2) is 0 Å². The van der Waals surface area contributed by atoms with Crippen LogP contribution in [0.15, 0.2) is 0 Å². The molecule has 0 aromatic heterocycles. The van der Waals surface area contributed by atoms with Crippen molar-refractivity contribution in [3.63, 3.8) is 0 Å². The first kappa shape index (κ1) is 13.4. The maximum Gasteiger partial charge on any atom is 0.251 e. The Kier molecular flexibility index (Phi) is 5.68. The number of rotatable bonds is 5. The molecule has 1 fully saturated rings. The van der Waals surface area contributed by atoms with Crippen LogP contribution in [0.1, 0.15) is 6.92 Å². The molecule has 0 saturated carbocycles. The Morgan fingerprint density at radius 1 is 1.38 bits per heavy atom. The summed E-state index contributed by atoms with van der Waals surface area (Å²) in [7, 11) is 3.05. The van der Waals surface area contributed by atoms with Crippen molar-refractivity contribution in [3.8, 4) is 0 Å². The topological polar surface area (TPSA) is 66.0 Å². The number of ether oxygens (including phenoxy) is 4. The van der Waals surface area contributed by atoms with E-state index in [0.29, 0.717) is 19.8 Å². The first-order chi connectivity index (χ1) is 7.69. The van der Waals surface area contributed by atoms with E-state index in [4.69, 9.17) is 18.9 Å². The number of hydrogen-bond donors (Lipinski definition) is 1. The molecule has 0 aromatic rings. The number of nitrogens with one attached hydrogen (secondary N) is 1. The lowest BCUT2D eigenvalue weighted by Crippen LogP contribution is -2.50. The third-order valence-corrected chi connectivity index (χ3v) is 2.35. The standard InChI is InChI=1S/C10H19NO5/c1-7(10(13-2)14-3)11-9(12)8-6-15-4-5-16-8/h7-8,10H,4-6H2,1-3H3,(H,11,12). The molecule has 6 nitrogen and oxygen atoms in total. The highest BCUT2D eigenvalue weighted by Gasteiger charge is 2.26. The average Bonchev–Trinajstić information content (AvgIpc) is 2.31. The van der Waals surface area contributed by atoms with Crippen molar-refractivity contribution in [2.45, 2.75) is 25.4 Å². The van der Waals surface area contributed by atoms with Crippen molar-refractivity contribution >= 4 is 5.91 Å². The van der Waals surface area contributed by atoms with Crippen molar-refractivity contribution in [1.29, 1.82) is 0 Å². The van der Waals surface area contributed by atoms with Crippen LogP contribution >= 0.6 is 0 Å². The van der Waals surface area contributed by atoms with Gasteiger partial charge in [0.05, 0.1) is 25.9 Å². The number of methoxy groups -OCH3 is 2. The van der Waals surface area contributed by atoms with E-state index in [-0.39, 0.29) is 11.9 Å². The second-order valence-electron chi connectivity index (χ2n) is 3.57. The SMILES string of the molecule is COC(OC)C(C)NC(=O)C1COCCO1. The van der Waals surface area contributed by atoms with Crippen LogP contribution in [-0.2, 0) is 23.7 Å². The zero-order valence-corrected chi connectivity index (χ0v) is 9.89. The van der Waals surface area contributed by atoms with Gasteiger partial charge in [-0.3, -0.25) is 4.79 Å². The number of hydrogen-bond acceptors (Lipinski definition) is 5. The summed E-state index contributed by atoms with van der Waals surface area (Å²) in [5.41, 5.74) is 0. The third-order valence-electron chi connectivity index (χ3n) is 2.35. The fraction of sp³-hybridized carbons (Fsp3) is 0.900. The highest BCUT2D eigenvalue weighted by molar-refractivity contribution is 5.81. The van der Waals surface area contributed by atoms with E-state index in [1.807, 2.05) is 0 Å². The van der Waals surface area contributed by atoms with Crippen molar-refractivity contribution in [2.75, 3.05) is 34.0 Å². The van der Waals surface area contributed by atoms with Crippen LogP contribution in [0.25, 0.3) is 0 Å². The van der Waals surface area contributed by atoms with Gasteiger partial charge in [0.25, 0.3) is 5.91 Å². The normalized spacial score (nSPS) is 23.1. The van der Waals surface area contributed by atoms with Crippen LogP contribution in [0.4, 0.5) is 0 Å². The Balaban J connectivity index is 2.37.